The number of ether oxygens (including phenoxy) is 1. The molecule has 3 aliphatic heterocycles. The summed E-state index contributed by atoms with van der Waals surface area (Å²) in [6.45, 7) is 6.38. The molecule has 0 bridgehead atoms. The Morgan fingerprint density at radius 3 is 2.62 bits per heavy atom. The molecule has 1 spiro atoms. The summed E-state index contributed by atoms with van der Waals surface area (Å²) in [4.78, 5) is 28.8. The van der Waals surface area contributed by atoms with Gasteiger partial charge >= 0.3 is 5.97 Å². The van der Waals surface area contributed by atoms with Crippen molar-refractivity contribution in [2.45, 2.75) is 33.1 Å². The summed E-state index contributed by atoms with van der Waals surface area (Å²) in [5.74, 6) is 0.290. The fourth-order valence-electron chi connectivity index (χ4n) is 4.47. The number of amides is 1. The van der Waals surface area contributed by atoms with Crippen LogP contribution in [-0.2, 0) is 20.7 Å². The van der Waals surface area contributed by atoms with Crippen molar-refractivity contribution in [1.29, 1.82) is 0 Å². The summed E-state index contributed by atoms with van der Waals surface area (Å²) in [6, 6.07) is 1.93. The average Bonchev–Trinajstić information content (AvgIpc) is 3.52. The zero-order chi connectivity index (χ0) is 22.3. The highest BCUT2D eigenvalue weighted by Gasteiger charge is 2.46. The van der Waals surface area contributed by atoms with Gasteiger partial charge in [0.1, 0.15) is 12.9 Å². The second-order valence-corrected chi connectivity index (χ2v) is 8.47. The van der Waals surface area contributed by atoms with E-state index in [1.165, 1.54) is 11.0 Å². The minimum Gasteiger partial charge on any atom is -0.456 e. The molecule has 11 nitrogen and oxygen atoms in total. The lowest BCUT2D eigenvalue weighted by Crippen LogP contribution is -2.45. The number of likely N-dealkylation sites (tertiary alicyclic amines) is 1. The first-order valence-corrected chi connectivity index (χ1v) is 10.7. The Labute approximate surface area is 184 Å². The van der Waals surface area contributed by atoms with Gasteiger partial charge in [-0.2, -0.15) is 9.78 Å². The van der Waals surface area contributed by atoms with Crippen LogP contribution in [0.25, 0.3) is 5.82 Å². The van der Waals surface area contributed by atoms with Crippen molar-refractivity contribution in [3.63, 3.8) is 0 Å². The van der Waals surface area contributed by atoms with E-state index in [1.807, 2.05) is 25.3 Å². The fourth-order valence-corrected chi connectivity index (χ4v) is 4.47. The van der Waals surface area contributed by atoms with Gasteiger partial charge in [0.15, 0.2) is 5.82 Å². The molecule has 11 heteroatoms. The maximum atomic E-state index is 13.2. The van der Waals surface area contributed by atoms with Crippen LogP contribution in [0.3, 0.4) is 0 Å². The first kappa shape index (κ1) is 20.4. The fraction of sp³-hybridized carbons (Fsp3) is 0.476. The summed E-state index contributed by atoms with van der Waals surface area (Å²) in [7, 11) is 0. The van der Waals surface area contributed by atoms with Gasteiger partial charge in [0.25, 0.3) is 0 Å². The summed E-state index contributed by atoms with van der Waals surface area (Å²) >= 11 is 0. The summed E-state index contributed by atoms with van der Waals surface area (Å²) in [5, 5.41) is 19.7. The predicted octanol–water partition coefficient (Wildman–Crippen LogP) is 0.572. The van der Waals surface area contributed by atoms with E-state index in [-0.39, 0.29) is 18.5 Å². The molecule has 3 aliphatic rings. The number of hydrogen-bond donors (Lipinski definition) is 0. The number of hydrogen-bond acceptors (Lipinski definition) is 9. The largest absolute Gasteiger partial charge is 0.456 e. The number of esters is 1. The topological polar surface area (TPSA) is 119 Å². The van der Waals surface area contributed by atoms with Gasteiger partial charge in [-0.3, -0.25) is 9.69 Å². The molecule has 32 heavy (non-hydrogen) atoms. The van der Waals surface area contributed by atoms with Crippen LogP contribution in [0.15, 0.2) is 35.9 Å². The summed E-state index contributed by atoms with van der Waals surface area (Å²) in [5.41, 5.74) is 2.67. The maximum Gasteiger partial charge on any atom is 0.336 e. The molecule has 166 valence electrons. The third-order valence-corrected chi connectivity index (χ3v) is 6.63. The first-order chi connectivity index (χ1) is 15.5. The highest BCUT2D eigenvalue weighted by molar-refractivity contribution is 5.95. The second-order valence-electron chi connectivity index (χ2n) is 8.47. The molecule has 1 amide bonds. The van der Waals surface area contributed by atoms with Crippen molar-refractivity contribution in [2.24, 2.45) is 5.41 Å². The van der Waals surface area contributed by atoms with Crippen LogP contribution in [0.2, 0.25) is 0 Å². The van der Waals surface area contributed by atoms with Crippen molar-refractivity contribution in [3.05, 3.63) is 47.2 Å². The zero-order valence-corrected chi connectivity index (χ0v) is 18.1. The molecule has 5 heterocycles. The molecular formula is C21H24N8O3. The molecule has 0 aromatic carbocycles. The van der Waals surface area contributed by atoms with Crippen molar-refractivity contribution in [2.75, 3.05) is 26.2 Å². The van der Waals surface area contributed by atoms with Crippen molar-refractivity contribution in [1.82, 2.24) is 40.2 Å². The molecular weight excluding hydrogens is 412 g/mol. The maximum absolute atomic E-state index is 13.2. The molecule has 0 unspecified atom stereocenters. The van der Waals surface area contributed by atoms with Crippen LogP contribution in [0.4, 0.5) is 0 Å². The lowest BCUT2D eigenvalue weighted by atomic mass is 9.78. The lowest BCUT2D eigenvalue weighted by molar-refractivity contribution is -0.138. The zero-order valence-electron chi connectivity index (χ0n) is 18.1. The highest BCUT2D eigenvalue weighted by Crippen LogP contribution is 2.41. The second kappa shape index (κ2) is 7.90. The van der Waals surface area contributed by atoms with Gasteiger partial charge in [-0.15, -0.1) is 10.2 Å². The van der Waals surface area contributed by atoms with E-state index < -0.39 is 5.41 Å². The van der Waals surface area contributed by atoms with Crippen molar-refractivity contribution in [3.8, 4) is 5.82 Å². The van der Waals surface area contributed by atoms with Gasteiger partial charge in [-0.25, -0.2) is 4.79 Å². The number of aryl methyl sites for hydroxylation is 1. The van der Waals surface area contributed by atoms with Gasteiger partial charge in [0.2, 0.25) is 5.91 Å². The standard InChI is InChI=1S/C21H24N8O3/c1-14-11-18(29-13-22-25-26-29)24-23-16(14)3-7-27-8-4-21(5-9-27)6-10-28(20(21)31)17-12-32-19(30)15(17)2/h6,10-11,13H,3-5,7-9,12H2,1-2H3. The average molecular weight is 436 g/mol. The number of carbonyl (C=O) groups is 2. The van der Waals surface area contributed by atoms with E-state index in [1.54, 1.807) is 11.8 Å². The van der Waals surface area contributed by atoms with Gasteiger partial charge in [-0.1, -0.05) is 6.08 Å². The monoisotopic (exact) mass is 436 g/mol. The Kier molecular flexibility index (Phi) is 5.04. The molecule has 2 aromatic heterocycles. The lowest BCUT2D eigenvalue weighted by Gasteiger charge is -2.37. The number of piperidine rings is 1. The number of cyclic esters (lactones) is 1. The van der Waals surface area contributed by atoms with Gasteiger partial charge in [0, 0.05) is 19.2 Å². The SMILES string of the molecule is CC1=C(N2C=CC3(CCN(CCc4nnc(-n5cnnn5)cc4C)CC3)C2=O)COC1=O. The quantitative estimate of drug-likeness (QED) is 0.620. The van der Waals surface area contributed by atoms with Crippen LogP contribution in [0.5, 0.6) is 0 Å². The Hall–Kier alpha value is -3.47. The van der Waals surface area contributed by atoms with Crippen LogP contribution in [0.1, 0.15) is 31.0 Å². The van der Waals surface area contributed by atoms with E-state index in [2.05, 4.69) is 30.6 Å². The summed E-state index contributed by atoms with van der Waals surface area (Å²) in [6.07, 6.45) is 7.59. The predicted molar refractivity (Wildman–Crippen MR) is 111 cm³/mol. The number of rotatable bonds is 5. The molecule has 0 N–H and O–H groups in total. The normalized spacial score (nSPS) is 20.6. The number of tetrazole rings is 1. The molecule has 0 saturated carbocycles. The molecule has 1 saturated heterocycles. The third-order valence-electron chi connectivity index (χ3n) is 6.63. The number of carbonyl (C=O) groups excluding carboxylic acids is 2. The molecule has 1 fully saturated rings. The van der Waals surface area contributed by atoms with E-state index in [9.17, 15) is 9.59 Å². The Morgan fingerprint density at radius 1 is 1.16 bits per heavy atom. The van der Waals surface area contributed by atoms with Crippen LogP contribution in [0, 0.1) is 12.3 Å². The molecule has 5 rings (SSSR count). The smallest absolute Gasteiger partial charge is 0.336 e. The highest BCUT2D eigenvalue weighted by atomic mass is 16.5. The van der Waals surface area contributed by atoms with E-state index >= 15 is 0 Å². The van der Waals surface area contributed by atoms with E-state index in [0.717, 1.165) is 50.2 Å². The van der Waals surface area contributed by atoms with Crippen molar-refractivity contribution >= 4 is 11.9 Å². The first-order valence-electron chi connectivity index (χ1n) is 10.7. The third kappa shape index (κ3) is 3.48. The molecule has 0 radical (unpaired) electrons. The van der Waals surface area contributed by atoms with Crippen LogP contribution >= 0.6 is 0 Å². The molecule has 0 aliphatic carbocycles. The van der Waals surface area contributed by atoms with Crippen LogP contribution < -0.4 is 0 Å². The number of aromatic nitrogens is 6. The number of nitrogens with zero attached hydrogens (tertiary/aromatic N) is 8. The Balaban J connectivity index is 1.18. The molecule has 2 aromatic rings. The van der Waals surface area contributed by atoms with E-state index in [0.29, 0.717) is 17.1 Å². The summed E-state index contributed by atoms with van der Waals surface area (Å²) < 4.78 is 6.55. The minimum absolute atomic E-state index is 0.0460. The van der Waals surface area contributed by atoms with Crippen LogP contribution in [-0.4, -0.2) is 78.3 Å². The minimum atomic E-state index is -0.487. The molecule has 0 atom stereocenters. The van der Waals surface area contributed by atoms with Gasteiger partial charge < -0.3 is 9.64 Å². The van der Waals surface area contributed by atoms with Crippen molar-refractivity contribution < 1.29 is 14.3 Å². The Morgan fingerprint density at radius 2 is 1.97 bits per heavy atom. The van der Waals surface area contributed by atoms with E-state index in [4.69, 9.17) is 4.74 Å². The van der Waals surface area contributed by atoms with Gasteiger partial charge in [0.05, 0.1) is 22.4 Å². The Bertz CT molecular complexity index is 1120. The van der Waals surface area contributed by atoms with Gasteiger partial charge in [-0.05, 0) is 61.8 Å².